The van der Waals surface area contributed by atoms with Crippen molar-refractivity contribution in [2.24, 2.45) is 0 Å². The number of rotatable bonds is 7. The van der Waals surface area contributed by atoms with E-state index < -0.39 is 22.5 Å². The van der Waals surface area contributed by atoms with Crippen LogP contribution in [0.5, 0.6) is 11.5 Å². The molecule has 3 rings (SSSR count). The Morgan fingerprint density at radius 3 is 2.34 bits per heavy atom. The molecule has 1 N–H and O–H groups in total. The lowest BCUT2D eigenvalue weighted by molar-refractivity contribution is -0.114. The van der Waals surface area contributed by atoms with E-state index in [4.69, 9.17) is 9.47 Å². The van der Waals surface area contributed by atoms with Gasteiger partial charge in [0, 0.05) is 11.8 Å². The van der Waals surface area contributed by atoms with Gasteiger partial charge in [0.15, 0.2) is 0 Å². The van der Waals surface area contributed by atoms with Crippen molar-refractivity contribution >= 4 is 38.1 Å². The van der Waals surface area contributed by atoms with Crippen LogP contribution >= 0.6 is 0 Å². The molecule has 0 bridgehead atoms. The summed E-state index contributed by atoms with van der Waals surface area (Å²) in [4.78, 5) is 12.6. The van der Waals surface area contributed by atoms with Gasteiger partial charge in [-0.25, -0.2) is 8.42 Å². The second kappa shape index (κ2) is 8.40. The summed E-state index contributed by atoms with van der Waals surface area (Å²) in [6.45, 7) is -0.408. The second-order valence-electron chi connectivity index (χ2n) is 6.42. The molecule has 0 atom stereocenters. The van der Waals surface area contributed by atoms with E-state index in [1.807, 2.05) is 36.4 Å². The fraction of sp³-hybridized carbons (Fsp3) is 0.190. The third-order valence-corrected chi connectivity index (χ3v) is 5.50. The van der Waals surface area contributed by atoms with Gasteiger partial charge in [0.2, 0.25) is 15.9 Å². The zero-order valence-electron chi connectivity index (χ0n) is 16.4. The van der Waals surface area contributed by atoms with Gasteiger partial charge < -0.3 is 14.8 Å². The summed E-state index contributed by atoms with van der Waals surface area (Å²) < 4.78 is 36.3. The highest BCUT2D eigenvalue weighted by molar-refractivity contribution is 7.92. The number of anilines is 2. The van der Waals surface area contributed by atoms with Crippen LogP contribution in [0.15, 0.2) is 60.7 Å². The molecule has 8 heteroatoms. The first-order valence-corrected chi connectivity index (χ1v) is 10.6. The van der Waals surface area contributed by atoms with Crippen molar-refractivity contribution in [2.45, 2.75) is 0 Å². The predicted octanol–water partition coefficient (Wildman–Crippen LogP) is 3.26. The minimum Gasteiger partial charge on any atom is -0.497 e. The number of sulfonamides is 1. The van der Waals surface area contributed by atoms with Gasteiger partial charge in [-0.15, -0.1) is 0 Å². The van der Waals surface area contributed by atoms with Crippen molar-refractivity contribution in [3.63, 3.8) is 0 Å². The van der Waals surface area contributed by atoms with Crippen LogP contribution in [0.3, 0.4) is 0 Å². The smallest absolute Gasteiger partial charge is 0.245 e. The molecular weight excluding hydrogens is 392 g/mol. The van der Waals surface area contributed by atoms with Crippen LogP contribution in [-0.4, -0.2) is 41.3 Å². The minimum absolute atomic E-state index is 0.225. The Kier molecular flexibility index (Phi) is 5.93. The molecule has 7 nitrogen and oxygen atoms in total. The SMILES string of the molecule is COc1ccc(OC)c(N(CC(=O)Nc2ccc3ccccc3c2)S(C)(=O)=O)c1. The van der Waals surface area contributed by atoms with E-state index in [-0.39, 0.29) is 5.69 Å². The van der Waals surface area contributed by atoms with Gasteiger partial charge in [0.25, 0.3) is 0 Å². The van der Waals surface area contributed by atoms with Crippen LogP contribution in [0, 0.1) is 0 Å². The molecule has 29 heavy (non-hydrogen) atoms. The van der Waals surface area contributed by atoms with Crippen LogP contribution in [0.4, 0.5) is 11.4 Å². The number of amides is 1. The third-order valence-electron chi connectivity index (χ3n) is 4.38. The number of nitrogens with zero attached hydrogens (tertiary/aromatic N) is 1. The molecule has 0 spiro atoms. The van der Waals surface area contributed by atoms with E-state index >= 15 is 0 Å². The molecule has 0 saturated heterocycles. The molecule has 3 aromatic rings. The topological polar surface area (TPSA) is 84.9 Å². The number of hydrogen-bond donors (Lipinski definition) is 1. The minimum atomic E-state index is -3.76. The van der Waals surface area contributed by atoms with Crippen molar-refractivity contribution in [3.05, 3.63) is 60.7 Å². The molecular formula is C21H22N2O5S. The number of ether oxygens (including phenoxy) is 2. The highest BCUT2D eigenvalue weighted by atomic mass is 32.2. The molecule has 0 unspecified atom stereocenters. The summed E-state index contributed by atoms with van der Waals surface area (Å²) in [6.07, 6.45) is 1.04. The lowest BCUT2D eigenvalue weighted by Crippen LogP contribution is -2.37. The Morgan fingerprint density at radius 2 is 1.69 bits per heavy atom. The summed E-state index contributed by atoms with van der Waals surface area (Å²) >= 11 is 0. The van der Waals surface area contributed by atoms with Crippen molar-refractivity contribution in [3.8, 4) is 11.5 Å². The van der Waals surface area contributed by atoms with E-state index in [9.17, 15) is 13.2 Å². The number of fused-ring (bicyclic) bond motifs is 1. The van der Waals surface area contributed by atoms with Crippen LogP contribution < -0.4 is 19.1 Å². The molecule has 3 aromatic carbocycles. The summed E-state index contributed by atoms with van der Waals surface area (Å²) in [5, 5.41) is 4.77. The van der Waals surface area contributed by atoms with Gasteiger partial charge in [-0.1, -0.05) is 30.3 Å². The largest absolute Gasteiger partial charge is 0.497 e. The predicted molar refractivity (Wildman–Crippen MR) is 114 cm³/mol. The fourth-order valence-electron chi connectivity index (χ4n) is 2.97. The highest BCUT2D eigenvalue weighted by Gasteiger charge is 2.24. The summed E-state index contributed by atoms with van der Waals surface area (Å²) in [5.74, 6) is 0.287. The first-order chi connectivity index (χ1) is 13.8. The van der Waals surface area contributed by atoms with Gasteiger partial charge in [-0.05, 0) is 35.0 Å². The molecule has 0 saturated carbocycles. The monoisotopic (exact) mass is 414 g/mol. The molecule has 0 aromatic heterocycles. The summed E-state index contributed by atoms with van der Waals surface area (Å²) in [5.41, 5.74) is 0.808. The van der Waals surface area contributed by atoms with Crippen LogP contribution in [0.1, 0.15) is 0 Å². The number of benzene rings is 3. The molecule has 0 aliphatic rings. The van der Waals surface area contributed by atoms with Gasteiger partial charge in [0.1, 0.15) is 18.0 Å². The molecule has 152 valence electrons. The van der Waals surface area contributed by atoms with Crippen molar-refractivity contribution in [1.29, 1.82) is 0 Å². The average Bonchev–Trinajstić information content (AvgIpc) is 2.70. The molecule has 1 amide bonds. The van der Waals surface area contributed by atoms with E-state index in [1.54, 1.807) is 18.2 Å². The second-order valence-corrected chi connectivity index (χ2v) is 8.32. The molecule has 0 fully saturated rings. The molecule has 0 aliphatic heterocycles. The maximum absolute atomic E-state index is 12.6. The van der Waals surface area contributed by atoms with Gasteiger partial charge in [-0.3, -0.25) is 9.10 Å². The Morgan fingerprint density at radius 1 is 0.966 bits per heavy atom. The first-order valence-electron chi connectivity index (χ1n) is 8.80. The van der Waals surface area contributed by atoms with Crippen LogP contribution in [0.25, 0.3) is 10.8 Å². The summed E-state index contributed by atoms with van der Waals surface area (Å²) in [7, 11) is -0.854. The Balaban J connectivity index is 1.88. The number of methoxy groups -OCH3 is 2. The van der Waals surface area contributed by atoms with Crippen molar-refractivity contribution < 1.29 is 22.7 Å². The van der Waals surface area contributed by atoms with Gasteiger partial charge in [-0.2, -0.15) is 0 Å². The highest BCUT2D eigenvalue weighted by Crippen LogP contribution is 2.33. The normalized spacial score (nSPS) is 11.1. The fourth-order valence-corrected chi connectivity index (χ4v) is 3.82. The average molecular weight is 414 g/mol. The Hall–Kier alpha value is -3.26. The van der Waals surface area contributed by atoms with Gasteiger partial charge in [0.05, 0.1) is 26.2 Å². The molecule has 0 radical (unpaired) electrons. The zero-order chi connectivity index (χ0) is 21.0. The quantitative estimate of drug-likeness (QED) is 0.641. The van der Waals surface area contributed by atoms with E-state index in [2.05, 4.69) is 5.32 Å². The number of carbonyl (C=O) groups excluding carboxylic acids is 1. The Labute approximate surface area is 169 Å². The van der Waals surface area contributed by atoms with E-state index in [0.29, 0.717) is 17.2 Å². The lowest BCUT2D eigenvalue weighted by atomic mass is 10.1. The van der Waals surface area contributed by atoms with Crippen LogP contribution in [-0.2, 0) is 14.8 Å². The lowest BCUT2D eigenvalue weighted by Gasteiger charge is -2.24. The molecule has 0 aliphatic carbocycles. The molecule has 0 heterocycles. The zero-order valence-corrected chi connectivity index (χ0v) is 17.2. The van der Waals surface area contributed by atoms with E-state index in [0.717, 1.165) is 21.3 Å². The van der Waals surface area contributed by atoms with Gasteiger partial charge >= 0.3 is 0 Å². The first kappa shape index (κ1) is 20.5. The maximum Gasteiger partial charge on any atom is 0.245 e. The maximum atomic E-state index is 12.6. The standard InChI is InChI=1S/C21H22N2O5S/c1-27-18-10-11-20(28-2)19(13-18)23(29(3,25)26)14-21(24)22-17-9-8-15-6-4-5-7-16(15)12-17/h4-13H,14H2,1-3H3,(H,22,24). The van der Waals surface area contributed by atoms with E-state index in [1.165, 1.54) is 20.3 Å². The van der Waals surface area contributed by atoms with Crippen molar-refractivity contribution in [2.75, 3.05) is 36.6 Å². The van der Waals surface area contributed by atoms with Crippen LogP contribution in [0.2, 0.25) is 0 Å². The van der Waals surface area contributed by atoms with Crippen molar-refractivity contribution in [1.82, 2.24) is 0 Å². The number of carbonyl (C=O) groups is 1. The number of nitrogens with one attached hydrogen (secondary N) is 1. The third kappa shape index (κ3) is 4.78. The summed E-state index contributed by atoms with van der Waals surface area (Å²) in [6, 6.07) is 18.0. The number of hydrogen-bond acceptors (Lipinski definition) is 5. The Bertz CT molecular complexity index is 1140.